The first-order valence-electron chi connectivity index (χ1n) is 4.71. The Kier molecular flexibility index (Phi) is 4.04. The van der Waals surface area contributed by atoms with Crippen LogP contribution in [-0.4, -0.2) is 30.2 Å². The Morgan fingerprint density at radius 1 is 1.36 bits per heavy atom. The van der Waals surface area contributed by atoms with Crippen molar-refractivity contribution in [2.24, 2.45) is 0 Å². The minimum absolute atomic E-state index is 0.141. The molecule has 0 unspecified atom stereocenters. The van der Waals surface area contributed by atoms with Gasteiger partial charge in [-0.05, 0) is 31.7 Å². The summed E-state index contributed by atoms with van der Waals surface area (Å²) < 4.78 is 12.6. The van der Waals surface area contributed by atoms with Gasteiger partial charge in [0.2, 0.25) is 0 Å². The van der Waals surface area contributed by atoms with Crippen molar-refractivity contribution >= 4 is 0 Å². The molecule has 0 fully saturated rings. The van der Waals surface area contributed by atoms with Crippen molar-refractivity contribution < 1.29 is 9.50 Å². The van der Waals surface area contributed by atoms with Crippen molar-refractivity contribution in [1.82, 2.24) is 4.90 Å². The van der Waals surface area contributed by atoms with Gasteiger partial charge in [0.1, 0.15) is 5.82 Å². The first kappa shape index (κ1) is 11.1. The van der Waals surface area contributed by atoms with E-state index in [1.165, 1.54) is 12.1 Å². The third-order valence-corrected chi connectivity index (χ3v) is 2.47. The molecule has 1 atom stereocenters. The van der Waals surface area contributed by atoms with Crippen LogP contribution in [0.2, 0.25) is 0 Å². The monoisotopic (exact) mass is 197 g/mol. The van der Waals surface area contributed by atoms with Gasteiger partial charge >= 0.3 is 0 Å². The fourth-order valence-corrected chi connectivity index (χ4v) is 1.35. The second-order valence-corrected chi connectivity index (χ2v) is 3.43. The number of hydrogen-bond acceptors (Lipinski definition) is 2. The zero-order valence-electron chi connectivity index (χ0n) is 8.57. The molecule has 1 aromatic carbocycles. The lowest BCUT2D eigenvalue weighted by Gasteiger charge is -2.24. The number of nitrogens with zero attached hydrogens (tertiary/aromatic N) is 1. The molecule has 0 heterocycles. The lowest BCUT2D eigenvalue weighted by molar-refractivity contribution is 0.188. The van der Waals surface area contributed by atoms with E-state index in [2.05, 4.69) is 0 Å². The molecule has 2 nitrogen and oxygen atoms in total. The van der Waals surface area contributed by atoms with Crippen LogP contribution in [0, 0.1) is 5.82 Å². The quantitative estimate of drug-likeness (QED) is 0.795. The summed E-state index contributed by atoms with van der Waals surface area (Å²) in [7, 11) is 1.93. The van der Waals surface area contributed by atoms with Crippen molar-refractivity contribution in [2.45, 2.75) is 13.0 Å². The fraction of sp³-hybridized carbons (Fsp3) is 0.455. The van der Waals surface area contributed by atoms with Crippen LogP contribution in [-0.2, 0) is 0 Å². The van der Waals surface area contributed by atoms with E-state index in [9.17, 15) is 4.39 Å². The standard InChI is InChI=1S/C11H16FNO/c1-9(13(2)7-8-14)10-3-5-11(12)6-4-10/h3-6,9,14H,7-8H2,1-2H3/t9-/m0/s1. The van der Waals surface area contributed by atoms with Crippen molar-refractivity contribution in [3.63, 3.8) is 0 Å². The molecule has 1 rings (SSSR count). The smallest absolute Gasteiger partial charge is 0.123 e. The van der Waals surface area contributed by atoms with Crippen molar-refractivity contribution in [2.75, 3.05) is 20.2 Å². The van der Waals surface area contributed by atoms with Crippen LogP contribution in [0.4, 0.5) is 4.39 Å². The third kappa shape index (κ3) is 2.79. The normalized spacial score (nSPS) is 13.2. The summed E-state index contributed by atoms with van der Waals surface area (Å²) in [5, 5.41) is 8.77. The molecular formula is C11H16FNO. The molecule has 0 aliphatic rings. The largest absolute Gasteiger partial charge is 0.395 e. The molecular weight excluding hydrogens is 181 g/mol. The molecule has 1 aromatic rings. The van der Waals surface area contributed by atoms with Crippen molar-refractivity contribution in [1.29, 1.82) is 0 Å². The average Bonchev–Trinajstić information content (AvgIpc) is 2.18. The highest BCUT2D eigenvalue weighted by Crippen LogP contribution is 2.18. The minimum Gasteiger partial charge on any atom is -0.395 e. The van der Waals surface area contributed by atoms with Gasteiger partial charge in [-0.25, -0.2) is 4.39 Å². The number of aliphatic hydroxyl groups excluding tert-OH is 1. The van der Waals surface area contributed by atoms with E-state index >= 15 is 0 Å². The summed E-state index contributed by atoms with van der Waals surface area (Å²) in [5.74, 6) is -0.217. The first-order valence-corrected chi connectivity index (χ1v) is 4.71. The van der Waals surface area contributed by atoms with Gasteiger partial charge in [-0.1, -0.05) is 12.1 Å². The van der Waals surface area contributed by atoms with Gasteiger partial charge in [-0.3, -0.25) is 4.90 Å². The predicted octanol–water partition coefficient (Wildman–Crippen LogP) is 1.81. The molecule has 0 saturated heterocycles. The molecule has 0 bridgehead atoms. The molecule has 0 radical (unpaired) electrons. The van der Waals surface area contributed by atoms with E-state index in [1.54, 1.807) is 12.1 Å². The molecule has 0 spiro atoms. The van der Waals surface area contributed by atoms with Gasteiger partial charge in [0.05, 0.1) is 6.61 Å². The number of halogens is 1. The predicted molar refractivity (Wildman–Crippen MR) is 54.5 cm³/mol. The summed E-state index contributed by atoms with van der Waals surface area (Å²) in [6, 6.07) is 6.65. The van der Waals surface area contributed by atoms with Crippen LogP contribution < -0.4 is 0 Å². The van der Waals surface area contributed by atoms with E-state index in [0.29, 0.717) is 6.54 Å². The van der Waals surface area contributed by atoms with Gasteiger partial charge in [0.25, 0.3) is 0 Å². The Bertz CT molecular complexity index is 273. The van der Waals surface area contributed by atoms with Crippen LogP contribution in [0.3, 0.4) is 0 Å². The number of rotatable bonds is 4. The molecule has 0 aliphatic carbocycles. The Hall–Kier alpha value is -0.930. The average molecular weight is 197 g/mol. The number of benzene rings is 1. The molecule has 78 valence electrons. The van der Waals surface area contributed by atoms with E-state index < -0.39 is 0 Å². The second kappa shape index (κ2) is 5.08. The molecule has 14 heavy (non-hydrogen) atoms. The van der Waals surface area contributed by atoms with Crippen LogP contribution in [0.1, 0.15) is 18.5 Å². The number of likely N-dealkylation sites (N-methyl/N-ethyl adjacent to an activating group) is 1. The Balaban J connectivity index is 2.68. The summed E-state index contributed by atoms with van der Waals surface area (Å²) in [5.41, 5.74) is 1.06. The van der Waals surface area contributed by atoms with Crippen LogP contribution in [0.5, 0.6) is 0 Å². The minimum atomic E-state index is -0.217. The van der Waals surface area contributed by atoms with Crippen LogP contribution in [0.15, 0.2) is 24.3 Å². The highest BCUT2D eigenvalue weighted by Gasteiger charge is 2.10. The summed E-state index contributed by atoms with van der Waals surface area (Å²) >= 11 is 0. The first-order chi connectivity index (χ1) is 6.65. The van der Waals surface area contributed by atoms with Gasteiger partial charge in [0.15, 0.2) is 0 Å². The topological polar surface area (TPSA) is 23.5 Å². The molecule has 0 aliphatic heterocycles. The van der Waals surface area contributed by atoms with E-state index in [0.717, 1.165) is 5.56 Å². The maximum atomic E-state index is 12.6. The van der Waals surface area contributed by atoms with E-state index in [-0.39, 0.29) is 18.5 Å². The lowest BCUT2D eigenvalue weighted by Crippen LogP contribution is -2.25. The zero-order valence-corrected chi connectivity index (χ0v) is 8.57. The highest BCUT2D eigenvalue weighted by molar-refractivity contribution is 5.19. The Labute approximate surface area is 84.0 Å². The summed E-state index contributed by atoms with van der Waals surface area (Å²) in [6.45, 7) is 2.80. The van der Waals surface area contributed by atoms with Crippen molar-refractivity contribution in [3.8, 4) is 0 Å². The Morgan fingerprint density at radius 2 is 1.93 bits per heavy atom. The van der Waals surface area contributed by atoms with Gasteiger partial charge < -0.3 is 5.11 Å². The maximum absolute atomic E-state index is 12.6. The zero-order chi connectivity index (χ0) is 10.6. The second-order valence-electron chi connectivity index (χ2n) is 3.43. The van der Waals surface area contributed by atoms with E-state index in [1.807, 2.05) is 18.9 Å². The summed E-state index contributed by atoms with van der Waals surface area (Å²) in [4.78, 5) is 2.02. The van der Waals surface area contributed by atoms with Gasteiger partial charge in [-0.15, -0.1) is 0 Å². The maximum Gasteiger partial charge on any atom is 0.123 e. The third-order valence-electron chi connectivity index (χ3n) is 2.47. The highest BCUT2D eigenvalue weighted by atomic mass is 19.1. The molecule has 0 amide bonds. The Morgan fingerprint density at radius 3 is 2.43 bits per heavy atom. The van der Waals surface area contributed by atoms with E-state index in [4.69, 9.17) is 5.11 Å². The van der Waals surface area contributed by atoms with Crippen LogP contribution >= 0.6 is 0 Å². The van der Waals surface area contributed by atoms with Crippen LogP contribution in [0.25, 0.3) is 0 Å². The molecule has 0 aromatic heterocycles. The summed E-state index contributed by atoms with van der Waals surface area (Å²) in [6.07, 6.45) is 0. The van der Waals surface area contributed by atoms with Gasteiger partial charge in [0, 0.05) is 12.6 Å². The van der Waals surface area contributed by atoms with Gasteiger partial charge in [-0.2, -0.15) is 0 Å². The fourth-order valence-electron chi connectivity index (χ4n) is 1.35. The number of aliphatic hydroxyl groups is 1. The molecule has 3 heteroatoms. The molecule has 0 saturated carbocycles. The van der Waals surface area contributed by atoms with Crippen molar-refractivity contribution in [3.05, 3.63) is 35.6 Å². The SMILES string of the molecule is C[C@@H](c1ccc(F)cc1)N(C)CCO. The molecule has 1 N–H and O–H groups in total. The number of hydrogen-bond donors (Lipinski definition) is 1. The lowest BCUT2D eigenvalue weighted by atomic mass is 10.1.